The van der Waals surface area contributed by atoms with Crippen LogP contribution in [0.2, 0.25) is 0 Å². The molecule has 2 nitrogen and oxygen atoms in total. The molecule has 1 heterocycles. The maximum Gasteiger partial charge on any atom is 0.290 e. The molecule has 9 heavy (non-hydrogen) atoms. The number of hydrogen-bond acceptors (Lipinski definition) is 2. The number of hydrogen-bond donors (Lipinski definition) is 0. The third-order valence-corrected chi connectivity index (χ3v) is 2.00. The van der Waals surface area contributed by atoms with Crippen LogP contribution in [-0.2, 0) is 9.05 Å². The molecular formula is C6H7O2P. The van der Waals surface area contributed by atoms with Gasteiger partial charge in [-0.05, 0) is 11.5 Å². The lowest BCUT2D eigenvalue weighted by molar-refractivity contribution is 0.414. The fraction of sp³-hybridized carbons (Fsp3) is 0.333. The third-order valence-electron chi connectivity index (χ3n) is 0.800. The smallest absolute Gasteiger partial charge is 0.290 e. The van der Waals surface area contributed by atoms with Crippen molar-refractivity contribution in [3.05, 3.63) is 24.0 Å². The molecule has 0 aromatic rings. The zero-order valence-corrected chi connectivity index (χ0v) is 6.02. The summed E-state index contributed by atoms with van der Waals surface area (Å²) in [6, 6.07) is 0. The minimum absolute atomic E-state index is 0.732. The molecule has 0 aromatic carbocycles. The summed E-state index contributed by atoms with van der Waals surface area (Å²) in [6.45, 7) is 2.01. The summed E-state index contributed by atoms with van der Waals surface area (Å²) in [5.74, 6) is 0. The molecule has 0 saturated carbocycles. The molecule has 0 saturated heterocycles. The van der Waals surface area contributed by atoms with Gasteiger partial charge in [0.2, 0.25) is 0 Å². The Morgan fingerprint density at radius 1 is 1.33 bits per heavy atom. The van der Waals surface area contributed by atoms with E-state index in [0.29, 0.717) is 0 Å². The summed E-state index contributed by atoms with van der Waals surface area (Å²) >= 11 is 0. The molecule has 0 aromatic heterocycles. The Morgan fingerprint density at radius 2 is 1.89 bits per heavy atom. The Kier molecular flexibility index (Phi) is 2.42. The Balaban J connectivity index is 2.54. The topological polar surface area (TPSA) is 18.5 Å². The lowest BCUT2D eigenvalue weighted by Gasteiger charge is -2.07. The lowest BCUT2D eigenvalue weighted by atomic mass is 10.8. The first-order valence-electron chi connectivity index (χ1n) is 2.69. The summed E-state index contributed by atoms with van der Waals surface area (Å²) in [7, 11) is -0.732. The van der Waals surface area contributed by atoms with E-state index in [1.54, 1.807) is 0 Å². The fourth-order valence-corrected chi connectivity index (χ4v) is 1.10. The zero-order chi connectivity index (χ0) is 6.53. The van der Waals surface area contributed by atoms with Crippen molar-refractivity contribution in [3.63, 3.8) is 0 Å². The van der Waals surface area contributed by atoms with Gasteiger partial charge < -0.3 is 9.05 Å². The third kappa shape index (κ3) is 1.95. The predicted octanol–water partition coefficient (Wildman–Crippen LogP) is 2.15. The molecule has 0 amide bonds. The van der Waals surface area contributed by atoms with Crippen LogP contribution < -0.4 is 0 Å². The molecule has 0 spiro atoms. The maximum absolute atomic E-state index is 5.06. The first-order chi connectivity index (χ1) is 4.43. The molecule has 0 bridgehead atoms. The van der Waals surface area contributed by atoms with Crippen molar-refractivity contribution in [2.45, 2.75) is 6.92 Å². The van der Waals surface area contributed by atoms with Crippen LogP contribution in [0.25, 0.3) is 0 Å². The van der Waals surface area contributed by atoms with E-state index >= 15 is 0 Å². The SMILES string of the molecule is CCP1OC=C=C=CO1. The minimum atomic E-state index is -0.732. The average molecular weight is 142 g/mol. The van der Waals surface area contributed by atoms with Gasteiger partial charge in [-0.25, -0.2) is 0 Å². The van der Waals surface area contributed by atoms with Crippen molar-refractivity contribution in [3.8, 4) is 0 Å². The Bertz CT molecular complexity index is 157. The quantitative estimate of drug-likeness (QED) is 0.412. The standard InChI is InChI=1S/C6H7O2P/c1-2-9-7-5-3-4-6-8-9/h5-6H,2H2,1H3. The molecule has 3 heteroatoms. The second kappa shape index (κ2) is 3.37. The molecule has 0 aliphatic carbocycles. The van der Waals surface area contributed by atoms with E-state index in [1.165, 1.54) is 12.5 Å². The van der Waals surface area contributed by atoms with E-state index in [0.717, 1.165) is 6.16 Å². The zero-order valence-electron chi connectivity index (χ0n) is 5.13. The van der Waals surface area contributed by atoms with Gasteiger partial charge in [-0.1, -0.05) is 6.92 Å². The van der Waals surface area contributed by atoms with Crippen molar-refractivity contribution in [1.29, 1.82) is 0 Å². The molecule has 1 rings (SSSR count). The van der Waals surface area contributed by atoms with Gasteiger partial charge in [-0.3, -0.25) is 0 Å². The van der Waals surface area contributed by atoms with Gasteiger partial charge in [0.1, 0.15) is 12.5 Å². The monoisotopic (exact) mass is 142 g/mol. The maximum atomic E-state index is 5.06. The van der Waals surface area contributed by atoms with Gasteiger partial charge in [0, 0.05) is 6.16 Å². The Morgan fingerprint density at radius 3 is 2.33 bits per heavy atom. The van der Waals surface area contributed by atoms with Crippen LogP contribution in [0.3, 0.4) is 0 Å². The van der Waals surface area contributed by atoms with Gasteiger partial charge >= 0.3 is 0 Å². The highest BCUT2D eigenvalue weighted by atomic mass is 31.2. The van der Waals surface area contributed by atoms with Crippen molar-refractivity contribution in [1.82, 2.24) is 0 Å². The molecule has 1 aliphatic rings. The van der Waals surface area contributed by atoms with E-state index in [1.807, 2.05) is 6.92 Å². The molecular weight excluding hydrogens is 135 g/mol. The van der Waals surface area contributed by atoms with Crippen LogP contribution >= 0.6 is 8.38 Å². The van der Waals surface area contributed by atoms with Crippen molar-refractivity contribution in [2.75, 3.05) is 6.16 Å². The lowest BCUT2D eigenvalue weighted by Crippen LogP contribution is -1.79. The average Bonchev–Trinajstić information content (AvgIpc) is 2.13. The first kappa shape index (κ1) is 6.45. The van der Waals surface area contributed by atoms with Crippen LogP contribution in [-0.4, -0.2) is 6.16 Å². The van der Waals surface area contributed by atoms with Crippen LogP contribution in [0.5, 0.6) is 0 Å². The highest BCUT2D eigenvalue weighted by Crippen LogP contribution is 2.38. The summed E-state index contributed by atoms with van der Waals surface area (Å²) < 4.78 is 10.1. The second-order valence-corrected chi connectivity index (χ2v) is 3.10. The molecule has 0 unspecified atom stereocenters. The minimum Gasteiger partial charge on any atom is -0.437 e. The second-order valence-electron chi connectivity index (χ2n) is 1.38. The summed E-state index contributed by atoms with van der Waals surface area (Å²) in [6.07, 6.45) is 3.86. The molecule has 0 atom stereocenters. The fourth-order valence-electron chi connectivity index (χ4n) is 0.412. The van der Waals surface area contributed by atoms with E-state index in [4.69, 9.17) is 9.05 Å². The highest BCUT2D eigenvalue weighted by Gasteiger charge is 2.04. The van der Waals surface area contributed by atoms with Gasteiger partial charge in [-0.2, -0.15) is 0 Å². The number of rotatable bonds is 1. The van der Waals surface area contributed by atoms with Crippen molar-refractivity contribution in [2.24, 2.45) is 0 Å². The Hall–Kier alpha value is -0.670. The van der Waals surface area contributed by atoms with Crippen LogP contribution in [0, 0.1) is 0 Å². The van der Waals surface area contributed by atoms with Gasteiger partial charge in [-0.15, -0.1) is 0 Å². The Labute approximate surface area is 55.4 Å². The summed E-state index contributed by atoms with van der Waals surface area (Å²) in [5, 5.41) is 0. The molecule has 0 radical (unpaired) electrons. The summed E-state index contributed by atoms with van der Waals surface area (Å²) in [5.41, 5.74) is 5.30. The van der Waals surface area contributed by atoms with Gasteiger partial charge in [0.15, 0.2) is 0 Å². The summed E-state index contributed by atoms with van der Waals surface area (Å²) in [4.78, 5) is 0. The normalized spacial score (nSPS) is 16.6. The predicted molar refractivity (Wildman–Crippen MR) is 35.8 cm³/mol. The van der Waals surface area contributed by atoms with Crippen molar-refractivity contribution >= 4 is 8.38 Å². The van der Waals surface area contributed by atoms with E-state index in [9.17, 15) is 0 Å². The highest BCUT2D eigenvalue weighted by molar-refractivity contribution is 7.47. The van der Waals surface area contributed by atoms with Gasteiger partial charge in [0.05, 0.1) is 0 Å². The van der Waals surface area contributed by atoms with Crippen LogP contribution in [0.1, 0.15) is 6.92 Å². The van der Waals surface area contributed by atoms with Crippen LogP contribution in [0.15, 0.2) is 24.0 Å². The van der Waals surface area contributed by atoms with E-state index in [2.05, 4.69) is 11.5 Å². The van der Waals surface area contributed by atoms with Crippen LogP contribution in [0.4, 0.5) is 0 Å². The molecule has 0 fully saturated rings. The molecule has 0 N–H and O–H groups in total. The molecule has 48 valence electrons. The van der Waals surface area contributed by atoms with Crippen molar-refractivity contribution < 1.29 is 9.05 Å². The van der Waals surface area contributed by atoms with Gasteiger partial charge in [0.25, 0.3) is 8.38 Å². The largest absolute Gasteiger partial charge is 0.437 e. The van der Waals surface area contributed by atoms with E-state index < -0.39 is 8.38 Å². The van der Waals surface area contributed by atoms with E-state index in [-0.39, 0.29) is 0 Å². The first-order valence-corrected chi connectivity index (χ1v) is 4.05. The molecule has 1 aliphatic heterocycles.